The number of carbonyl (C=O) groups is 1. The highest BCUT2D eigenvalue weighted by atomic mass is 16.4. The fourth-order valence-corrected chi connectivity index (χ4v) is 2.22. The Morgan fingerprint density at radius 2 is 1.90 bits per heavy atom. The highest BCUT2D eigenvalue weighted by Gasteiger charge is 2.16. The van der Waals surface area contributed by atoms with Gasteiger partial charge in [0.15, 0.2) is 5.58 Å². The standard InChI is InChI=1S/C16H13NO3/c1-9-5-3-6-11(10(9)2)15-17-14-12(16(18)19)7-4-8-13(14)20-15/h3-8H,1-2H3,(H,18,19). The Morgan fingerprint density at radius 1 is 1.15 bits per heavy atom. The molecule has 0 aliphatic rings. The van der Waals surface area contributed by atoms with Gasteiger partial charge in [0.1, 0.15) is 5.52 Å². The van der Waals surface area contributed by atoms with E-state index < -0.39 is 5.97 Å². The largest absolute Gasteiger partial charge is 0.478 e. The van der Waals surface area contributed by atoms with Gasteiger partial charge in [-0.25, -0.2) is 9.78 Å². The van der Waals surface area contributed by atoms with E-state index in [0.29, 0.717) is 17.0 Å². The topological polar surface area (TPSA) is 63.3 Å². The second-order valence-electron chi connectivity index (χ2n) is 4.72. The van der Waals surface area contributed by atoms with Crippen LogP contribution in [-0.4, -0.2) is 16.1 Å². The summed E-state index contributed by atoms with van der Waals surface area (Å²) in [4.78, 5) is 15.6. The minimum atomic E-state index is -1.00. The normalized spacial score (nSPS) is 10.9. The zero-order valence-corrected chi connectivity index (χ0v) is 11.2. The van der Waals surface area contributed by atoms with Crippen LogP contribution >= 0.6 is 0 Å². The lowest BCUT2D eigenvalue weighted by Gasteiger charge is -2.03. The van der Waals surface area contributed by atoms with E-state index in [1.807, 2.05) is 32.0 Å². The highest BCUT2D eigenvalue weighted by Crippen LogP contribution is 2.29. The van der Waals surface area contributed by atoms with Crippen LogP contribution in [0.5, 0.6) is 0 Å². The van der Waals surface area contributed by atoms with Crippen LogP contribution in [0.25, 0.3) is 22.6 Å². The van der Waals surface area contributed by atoms with E-state index in [0.717, 1.165) is 16.7 Å². The fraction of sp³-hybridized carbons (Fsp3) is 0.125. The van der Waals surface area contributed by atoms with Crippen molar-refractivity contribution in [1.82, 2.24) is 4.98 Å². The summed E-state index contributed by atoms with van der Waals surface area (Å²) in [5.74, 6) is -0.550. The van der Waals surface area contributed by atoms with Crippen LogP contribution in [0.4, 0.5) is 0 Å². The molecule has 0 amide bonds. The Kier molecular flexibility index (Phi) is 2.79. The van der Waals surface area contributed by atoms with E-state index in [4.69, 9.17) is 4.42 Å². The van der Waals surface area contributed by atoms with E-state index in [-0.39, 0.29) is 5.56 Å². The van der Waals surface area contributed by atoms with E-state index in [2.05, 4.69) is 4.98 Å². The molecule has 0 unspecified atom stereocenters. The molecule has 0 aliphatic carbocycles. The average molecular weight is 267 g/mol. The maximum atomic E-state index is 11.2. The molecule has 0 bridgehead atoms. The first-order chi connectivity index (χ1) is 9.58. The summed E-state index contributed by atoms with van der Waals surface area (Å²) in [5, 5.41) is 9.18. The number of carboxylic acids is 1. The van der Waals surface area contributed by atoms with Crippen LogP contribution in [-0.2, 0) is 0 Å². The monoisotopic (exact) mass is 267 g/mol. The van der Waals surface area contributed by atoms with Gasteiger partial charge in [-0.3, -0.25) is 0 Å². The van der Waals surface area contributed by atoms with Gasteiger partial charge in [0.05, 0.1) is 5.56 Å². The number of aromatic carboxylic acids is 1. The van der Waals surface area contributed by atoms with Crippen molar-refractivity contribution in [2.24, 2.45) is 0 Å². The minimum absolute atomic E-state index is 0.155. The van der Waals surface area contributed by atoms with Gasteiger partial charge in [-0.05, 0) is 43.2 Å². The SMILES string of the molecule is Cc1cccc(-c2nc3c(C(=O)O)cccc3o2)c1C. The van der Waals surface area contributed by atoms with Crippen molar-refractivity contribution in [3.8, 4) is 11.5 Å². The first kappa shape index (κ1) is 12.4. The maximum Gasteiger partial charge on any atom is 0.338 e. The Labute approximate surface area is 115 Å². The Balaban J connectivity index is 2.26. The van der Waals surface area contributed by atoms with Crippen molar-refractivity contribution in [3.63, 3.8) is 0 Å². The van der Waals surface area contributed by atoms with Gasteiger partial charge in [0, 0.05) is 5.56 Å². The van der Waals surface area contributed by atoms with Crippen LogP contribution < -0.4 is 0 Å². The van der Waals surface area contributed by atoms with Crippen molar-refractivity contribution in [1.29, 1.82) is 0 Å². The average Bonchev–Trinajstić information content (AvgIpc) is 2.84. The molecule has 0 saturated carbocycles. The van der Waals surface area contributed by atoms with Crippen molar-refractivity contribution >= 4 is 17.1 Å². The molecular weight excluding hydrogens is 254 g/mol. The van der Waals surface area contributed by atoms with E-state index >= 15 is 0 Å². The molecular formula is C16H13NO3. The van der Waals surface area contributed by atoms with Crippen LogP contribution in [0.3, 0.4) is 0 Å². The molecule has 4 nitrogen and oxygen atoms in total. The molecule has 0 aliphatic heterocycles. The summed E-state index contributed by atoms with van der Waals surface area (Å²) in [6, 6.07) is 10.8. The molecule has 0 atom stereocenters. The Bertz CT molecular complexity index is 818. The number of nitrogens with zero attached hydrogens (tertiary/aromatic N) is 1. The van der Waals surface area contributed by atoms with Crippen LogP contribution in [0.2, 0.25) is 0 Å². The zero-order valence-electron chi connectivity index (χ0n) is 11.2. The molecule has 3 rings (SSSR count). The van der Waals surface area contributed by atoms with E-state index in [1.165, 1.54) is 6.07 Å². The molecule has 100 valence electrons. The summed E-state index contributed by atoms with van der Waals surface area (Å²) in [7, 11) is 0. The summed E-state index contributed by atoms with van der Waals surface area (Å²) in [6.07, 6.45) is 0. The number of oxazole rings is 1. The molecule has 0 saturated heterocycles. The second kappa shape index (κ2) is 4.49. The molecule has 2 aromatic carbocycles. The van der Waals surface area contributed by atoms with Gasteiger partial charge in [0.25, 0.3) is 0 Å². The molecule has 4 heteroatoms. The quantitative estimate of drug-likeness (QED) is 0.766. The molecule has 1 N–H and O–H groups in total. The maximum absolute atomic E-state index is 11.2. The van der Waals surface area contributed by atoms with Gasteiger partial charge in [-0.1, -0.05) is 18.2 Å². The smallest absolute Gasteiger partial charge is 0.338 e. The lowest BCUT2D eigenvalue weighted by molar-refractivity contribution is 0.0699. The number of aromatic nitrogens is 1. The van der Waals surface area contributed by atoms with Crippen molar-refractivity contribution < 1.29 is 14.3 Å². The lowest BCUT2D eigenvalue weighted by Crippen LogP contribution is -1.96. The van der Waals surface area contributed by atoms with E-state index in [1.54, 1.807) is 12.1 Å². The lowest BCUT2D eigenvalue weighted by atomic mass is 10.0. The zero-order chi connectivity index (χ0) is 14.3. The molecule has 20 heavy (non-hydrogen) atoms. The van der Waals surface area contributed by atoms with Gasteiger partial charge >= 0.3 is 5.97 Å². The molecule has 0 spiro atoms. The van der Waals surface area contributed by atoms with Gasteiger partial charge in [-0.15, -0.1) is 0 Å². The Morgan fingerprint density at radius 3 is 2.65 bits per heavy atom. The van der Waals surface area contributed by atoms with E-state index in [9.17, 15) is 9.90 Å². The summed E-state index contributed by atoms with van der Waals surface area (Å²) in [6.45, 7) is 4.02. The number of hydrogen-bond acceptors (Lipinski definition) is 3. The van der Waals surface area contributed by atoms with Crippen molar-refractivity contribution in [3.05, 3.63) is 53.1 Å². The van der Waals surface area contributed by atoms with Crippen LogP contribution in [0.15, 0.2) is 40.8 Å². The number of benzene rings is 2. The van der Waals surface area contributed by atoms with Gasteiger partial charge in [-0.2, -0.15) is 0 Å². The Hall–Kier alpha value is -2.62. The molecule has 3 aromatic rings. The number of para-hydroxylation sites is 1. The number of fused-ring (bicyclic) bond motifs is 1. The third kappa shape index (κ3) is 1.86. The van der Waals surface area contributed by atoms with Crippen LogP contribution in [0, 0.1) is 13.8 Å². The molecule has 1 heterocycles. The van der Waals surface area contributed by atoms with Crippen molar-refractivity contribution in [2.45, 2.75) is 13.8 Å². The van der Waals surface area contributed by atoms with Crippen molar-refractivity contribution in [2.75, 3.05) is 0 Å². The first-order valence-corrected chi connectivity index (χ1v) is 6.27. The summed E-state index contributed by atoms with van der Waals surface area (Å²) < 4.78 is 5.71. The summed E-state index contributed by atoms with van der Waals surface area (Å²) in [5.41, 5.74) is 4.14. The minimum Gasteiger partial charge on any atom is -0.478 e. The first-order valence-electron chi connectivity index (χ1n) is 6.27. The molecule has 0 fully saturated rings. The third-order valence-corrected chi connectivity index (χ3v) is 3.48. The fourth-order valence-electron chi connectivity index (χ4n) is 2.22. The van der Waals surface area contributed by atoms with Crippen LogP contribution in [0.1, 0.15) is 21.5 Å². The number of aryl methyl sites for hydroxylation is 1. The molecule has 0 radical (unpaired) electrons. The molecule has 1 aromatic heterocycles. The number of carboxylic acid groups (broad SMARTS) is 1. The highest BCUT2D eigenvalue weighted by molar-refractivity contribution is 6.00. The summed E-state index contributed by atoms with van der Waals surface area (Å²) >= 11 is 0. The predicted molar refractivity (Wildman–Crippen MR) is 75.9 cm³/mol. The number of rotatable bonds is 2. The van der Waals surface area contributed by atoms with Gasteiger partial charge < -0.3 is 9.52 Å². The predicted octanol–water partition coefficient (Wildman–Crippen LogP) is 3.81. The third-order valence-electron chi connectivity index (χ3n) is 3.48. The second-order valence-corrected chi connectivity index (χ2v) is 4.72. The van der Waals surface area contributed by atoms with Gasteiger partial charge in [0.2, 0.25) is 5.89 Å². The number of hydrogen-bond donors (Lipinski definition) is 1.